The molecule has 4 heteroatoms. The fraction of sp³-hybridized carbons (Fsp3) is 0.364. The molecule has 0 radical (unpaired) electrons. The van der Waals surface area contributed by atoms with Gasteiger partial charge in [-0.05, 0) is 24.6 Å². The normalized spacial score (nSPS) is 19.5. The van der Waals surface area contributed by atoms with Gasteiger partial charge >= 0.3 is 0 Å². The van der Waals surface area contributed by atoms with Crippen LogP contribution in [0.4, 0.5) is 0 Å². The molecule has 15 heavy (non-hydrogen) atoms. The molecular formula is C11H15N3O. The zero-order chi connectivity index (χ0) is 10.7. The summed E-state index contributed by atoms with van der Waals surface area (Å²) in [5.41, 5.74) is 6.74. The molecule has 80 valence electrons. The summed E-state index contributed by atoms with van der Waals surface area (Å²) in [5, 5.41) is 3.11. The van der Waals surface area contributed by atoms with Crippen LogP contribution in [0.25, 0.3) is 0 Å². The second kappa shape index (κ2) is 4.21. The Balaban J connectivity index is 2.04. The van der Waals surface area contributed by atoms with Crippen molar-refractivity contribution in [2.75, 3.05) is 13.2 Å². The van der Waals surface area contributed by atoms with Crippen molar-refractivity contribution >= 4 is 5.96 Å². The fourth-order valence-corrected chi connectivity index (χ4v) is 1.61. The predicted molar refractivity (Wildman–Crippen MR) is 60.0 cm³/mol. The molecular weight excluding hydrogens is 190 g/mol. The molecule has 1 aromatic carbocycles. The molecule has 0 amide bonds. The zero-order valence-electron chi connectivity index (χ0n) is 8.73. The van der Waals surface area contributed by atoms with Crippen molar-refractivity contribution in [3.05, 3.63) is 29.8 Å². The molecule has 1 heterocycles. The lowest BCUT2D eigenvalue weighted by atomic mass is 10.1. The smallest absolute Gasteiger partial charge is 0.189 e. The lowest BCUT2D eigenvalue weighted by Gasteiger charge is -2.11. The van der Waals surface area contributed by atoms with Gasteiger partial charge in [-0.1, -0.05) is 12.1 Å². The van der Waals surface area contributed by atoms with Crippen LogP contribution >= 0.6 is 0 Å². The molecule has 0 saturated heterocycles. The van der Waals surface area contributed by atoms with E-state index in [1.165, 1.54) is 5.56 Å². The highest BCUT2D eigenvalue weighted by atomic mass is 16.5. The molecule has 4 nitrogen and oxygen atoms in total. The van der Waals surface area contributed by atoms with Gasteiger partial charge in [-0.15, -0.1) is 0 Å². The molecule has 1 aliphatic rings. The van der Waals surface area contributed by atoms with Gasteiger partial charge in [0.05, 0.1) is 19.2 Å². The topological polar surface area (TPSA) is 59.6 Å². The standard InChI is InChI=1S/C11H15N3O/c1-2-15-9-5-3-8(4-6-9)10-7-13-11(12)14-10/h3-6,10H,2,7H2,1H3,(H3,12,13,14). The van der Waals surface area contributed by atoms with E-state index < -0.39 is 0 Å². The quantitative estimate of drug-likeness (QED) is 0.775. The van der Waals surface area contributed by atoms with Crippen molar-refractivity contribution < 1.29 is 4.74 Å². The molecule has 0 saturated carbocycles. The Morgan fingerprint density at radius 2 is 2.20 bits per heavy atom. The maximum Gasteiger partial charge on any atom is 0.189 e. The highest BCUT2D eigenvalue weighted by Gasteiger charge is 2.16. The Labute approximate surface area is 89.1 Å². The summed E-state index contributed by atoms with van der Waals surface area (Å²) in [5.74, 6) is 1.42. The van der Waals surface area contributed by atoms with E-state index in [1.807, 2.05) is 31.2 Å². The van der Waals surface area contributed by atoms with E-state index in [0.717, 1.165) is 5.75 Å². The van der Waals surface area contributed by atoms with Crippen LogP contribution in [0, 0.1) is 0 Å². The second-order valence-corrected chi connectivity index (χ2v) is 3.42. The van der Waals surface area contributed by atoms with Crippen LogP contribution in [0.1, 0.15) is 18.5 Å². The first-order valence-electron chi connectivity index (χ1n) is 5.09. The van der Waals surface area contributed by atoms with Crippen LogP contribution in [-0.2, 0) is 0 Å². The number of aliphatic imine (C=N–C) groups is 1. The summed E-state index contributed by atoms with van der Waals surface area (Å²) >= 11 is 0. The number of hydrogen-bond donors (Lipinski definition) is 2. The van der Waals surface area contributed by atoms with Gasteiger partial charge in [0.2, 0.25) is 0 Å². The molecule has 3 N–H and O–H groups in total. The summed E-state index contributed by atoms with van der Waals surface area (Å²) in [4.78, 5) is 4.10. The third-order valence-electron chi connectivity index (χ3n) is 2.36. The SMILES string of the molecule is CCOc1ccc(C2CN=C(N)N2)cc1. The van der Waals surface area contributed by atoms with Crippen LogP contribution in [-0.4, -0.2) is 19.1 Å². The molecule has 1 unspecified atom stereocenters. The molecule has 0 aliphatic carbocycles. The third kappa shape index (κ3) is 2.21. The van der Waals surface area contributed by atoms with Crippen LogP contribution in [0.2, 0.25) is 0 Å². The first-order chi connectivity index (χ1) is 7.29. The summed E-state index contributed by atoms with van der Waals surface area (Å²) in [6, 6.07) is 8.22. The van der Waals surface area contributed by atoms with Crippen molar-refractivity contribution in [3.63, 3.8) is 0 Å². The highest BCUT2D eigenvalue weighted by Crippen LogP contribution is 2.19. The minimum Gasteiger partial charge on any atom is -0.494 e. The Morgan fingerprint density at radius 3 is 2.73 bits per heavy atom. The first-order valence-corrected chi connectivity index (χ1v) is 5.09. The monoisotopic (exact) mass is 205 g/mol. The number of nitrogens with one attached hydrogen (secondary N) is 1. The lowest BCUT2D eigenvalue weighted by Crippen LogP contribution is -2.29. The van der Waals surface area contributed by atoms with E-state index in [9.17, 15) is 0 Å². The highest BCUT2D eigenvalue weighted by molar-refractivity contribution is 5.80. The second-order valence-electron chi connectivity index (χ2n) is 3.42. The van der Waals surface area contributed by atoms with E-state index >= 15 is 0 Å². The molecule has 1 atom stereocenters. The molecule has 1 aliphatic heterocycles. The van der Waals surface area contributed by atoms with Gasteiger partial charge in [0.25, 0.3) is 0 Å². The van der Waals surface area contributed by atoms with Crippen molar-refractivity contribution in [2.24, 2.45) is 10.7 Å². The number of nitrogens with zero attached hydrogens (tertiary/aromatic N) is 1. The van der Waals surface area contributed by atoms with Crippen molar-refractivity contribution in [1.82, 2.24) is 5.32 Å². The number of rotatable bonds is 3. The largest absolute Gasteiger partial charge is 0.494 e. The van der Waals surface area contributed by atoms with Gasteiger partial charge in [-0.3, -0.25) is 4.99 Å². The van der Waals surface area contributed by atoms with Crippen LogP contribution in [0.5, 0.6) is 5.75 Å². The van der Waals surface area contributed by atoms with Crippen molar-refractivity contribution in [2.45, 2.75) is 13.0 Å². The molecule has 2 rings (SSSR count). The van der Waals surface area contributed by atoms with Gasteiger partial charge in [-0.25, -0.2) is 0 Å². The number of guanidine groups is 1. The Kier molecular flexibility index (Phi) is 2.76. The third-order valence-corrected chi connectivity index (χ3v) is 2.36. The molecule has 0 fully saturated rings. The van der Waals surface area contributed by atoms with Gasteiger partial charge < -0.3 is 15.8 Å². The molecule has 1 aromatic rings. The maximum absolute atomic E-state index is 5.55. The minimum absolute atomic E-state index is 0.209. The summed E-state index contributed by atoms with van der Waals surface area (Å²) in [6.07, 6.45) is 0. The van der Waals surface area contributed by atoms with E-state index in [0.29, 0.717) is 19.1 Å². The van der Waals surface area contributed by atoms with E-state index in [1.54, 1.807) is 0 Å². The summed E-state index contributed by atoms with van der Waals surface area (Å²) in [6.45, 7) is 3.37. The average Bonchev–Trinajstić information content (AvgIpc) is 2.67. The average molecular weight is 205 g/mol. The van der Waals surface area contributed by atoms with Gasteiger partial charge in [0.1, 0.15) is 5.75 Å². The molecule has 0 bridgehead atoms. The van der Waals surface area contributed by atoms with Gasteiger partial charge in [-0.2, -0.15) is 0 Å². The molecule has 0 aromatic heterocycles. The Bertz CT molecular complexity index is 359. The molecule has 0 spiro atoms. The maximum atomic E-state index is 5.55. The van der Waals surface area contributed by atoms with Crippen molar-refractivity contribution in [3.8, 4) is 5.75 Å². The van der Waals surface area contributed by atoms with Crippen molar-refractivity contribution in [1.29, 1.82) is 0 Å². The van der Waals surface area contributed by atoms with Crippen LogP contribution < -0.4 is 15.8 Å². The number of nitrogens with two attached hydrogens (primary N) is 1. The zero-order valence-corrected chi connectivity index (χ0v) is 8.73. The van der Waals surface area contributed by atoms with E-state index in [-0.39, 0.29) is 6.04 Å². The number of hydrogen-bond acceptors (Lipinski definition) is 4. The van der Waals surface area contributed by atoms with Crippen LogP contribution in [0.3, 0.4) is 0 Å². The summed E-state index contributed by atoms with van der Waals surface area (Å²) in [7, 11) is 0. The van der Waals surface area contributed by atoms with E-state index in [2.05, 4.69) is 10.3 Å². The summed E-state index contributed by atoms with van der Waals surface area (Å²) < 4.78 is 5.37. The lowest BCUT2D eigenvalue weighted by molar-refractivity contribution is 0.340. The first kappa shape index (κ1) is 9.83. The fourth-order valence-electron chi connectivity index (χ4n) is 1.61. The number of benzene rings is 1. The van der Waals surface area contributed by atoms with E-state index in [4.69, 9.17) is 10.5 Å². The van der Waals surface area contributed by atoms with Gasteiger partial charge in [0, 0.05) is 0 Å². The van der Waals surface area contributed by atoms with Gasteiger partial charge in [0.15, 0.2) is 5.96 Å². The Hall–Kier alpha value is -1.71. The van der Waals surface area contributed by atoms with Crippen LogP contribution in [0.15, 0.2) is 29.3 Å². The number of ether oxygens (including phenoxy) is 1. The minimum atomic E-state index is 0.209. The predicted octanol–water partition coefficient (Wildman–Crippen LogP) is 1.04. The Morgan fingerprint density at radius 1 is 1.47 bits per heavy atom.